The highest BCUT2D eigenvalue weighted by Gasteiger charge is 2.15. The van der Waals surface area contributed by atoms with Gasteiger partial charge in [-0.3, -0.25) is 0 Å². The Bertz CT molecular complexity index is 319. The Balaban J connectivity index is 1.82. The Hall–Kier alpha value is -0.830. The summed E-state index contributed by atoms with van der Waals surface area (Å²) in [5, 5.41) is 0. The second-order valence-electron chi connectivity index (χ2n) is 4.94. The van der Waals surface area contributed by atoms with E-state index in [0.29, 0.717) is 0 Å². The van der Waals surface area contributed by atoms with Crippen LogP contribution in [0, 0.1) is 5.92 Å². The monoisotopic (exact) mass is 221 g/mol. The van der Waals surface area contributed by atoms with Crippen molar-refractivity contribution < 1.29 is 0 Å². The zero-order valence-electron chi connectivity index (χ0n) is 10.5. The lowest BCUT2D eigenvalue weighted by molar-refractivity contribution is 0.177. The SMILES string of the molecule is CCc1nccn1CCN1CCCC(C)C1. The minimum absolute atomic E-state index is 0.877. The Kier molecular flexibility index (Phi) is 3.99. The highest BCUT2D eigenvalue weighted by molar-refractivity contribution is 4.91. The summed E-state index contributed by atoms with van der Waals surface area (Å²) < 4.78 is 2.29. The van der Waals surface area contributed by atoms with E-state index in [1.165, 1.54) is 38.3 Å². The molecule has 1 unspecified atom stereocenters. The molecule has 0 bridgehead atoms. The molecule has 1 fully saturated rings. The molecule has 1 atom stereocenters. The summed E-state index contributed by atoms with van der Waals surface area (Å²) in [5.41, 5.74) is 0. The number of hydrogen-bond acceptors (Lipinski definition) is 2. The van der Waals surface area contributed by atoms with Crippen molar-refractivity contribution in [1.82, 2.24) is 14.5 Å². The highest BCUT2D eigenvalue weighted by atomic mass is 15.2. The molecule has 0 N–H and O–H groups in total. The number of likely N-dealkylation sites (tertiary alicyclic amines) is 1. The number of aryl methyl sites for hydroxylation is 1. The second kappa shape index (κ2) is 5.48. The Morgan fingerprint density at radius 2 is 2.31 bits per heavy atom. The molecule has 2 rings (SSSR count). The number of hydrogen-bond donors (Lipinski definition) is 0. The van der Waals surface area contributed by atoms with Gasteiger partial charge in [-0.2, -0.15) is 0 Å². The van der Waals surface area contributed by atoms with Gasteiger partial charge in [-0.25, -0.2) is 4.98 Å². The van der Waals surface area contributed by atoms with Gasteiger partial charge in [-0.1, -0.05) is 13.8 Å². The molecule has 1 saturated heterocycles. The van der Waals surface area contributed by atoms with Gasteiger partial charge in [0.1, 0.15) is 5.82 Å². The van der Waals surface area contributed by atoms with Gasteiger partial charge in [0.2, 0.25) is 0 Å². The summed E-state index contributed by atoms with van der Waals surface area (Å²) in [6.45, 7) is 9.35. The van der Waals surface area contributed by atoms with Crippen LogP contribution in [0.25, 0.3) is 0 Å². The van der Waals surface area contributed by atoms with Crippen molar-refractivity contribution in [2.75, 3.05) is 19.6 Å². The van der Waals surface area contributed by atoms with Crippen LogP contribution in [0.4, 0.5) is 0 Å². The first-order chi connectivity index (χ1) is 7.79. The summed E-state index contributed by atoms with van der Waals surface area (Å²) in [5.74, 6) is 2.09. The molecule has 16 heavy (non-hydrogen) atoms. The van der Waals surface area contributed by atoms with Crippen LogP contribution in [0.15, 0.2) is 12.4 Å². The summed E-state index contributed by atoms with van der Waals surface area (Å²) >= 11 is 0. The Morgan fingerprint density at radius 3 is 3.06 bits per heavy atom. The van der Waals surface area contributed by atoms with Crippen molar-refractivity contribution in [2.45, 2.75) is 39.7 Å². The van der Waals surface area contributed by atoms with E-state index in [0.717, 1.165) is 18.9 Å². The molecule has 1 aromatic rings. The molecular weight excluding hydrogens is 198 g/mol. The molecule has 2 heterocycles. The van der Waals surface area contributed by atoms with Crippen molar-refractivity contribution in [3.05, 3.63) is 18.2 Å². The maximum absolute atomic E-state index is 4.36. The number of rotatable bonds is 4. The molecule has 90 valence electrons. The molecule has 0 spiro atoms. The minimum atomic E-state index is 0.877. The van der Waals surface area contributed by atoms with E-state index in [-0.39, 0.29) is 0 Å². The van der Waals surface area contributed by atoms with E-state index < -0.39 is 0 Å². The van der Waals surface area contributed by atoms with E-state index in [9.17, 15) is 0 Å². The van der Waals surface area contributed by atoms with Crippen molar-refractivity contribution in [3.8, 4) is 0 Å². The maximum atomic E-state index is 4.36. The third kappa shape index (κ3) is 2.85. The highest BCUT2D eigenvalue weighted by Crippen LogP contribution is 2.15. The minimum Gasteiger partial charge on any atom is -0.334 e. The topological polar surface area (TPSA) is 21.1 Å². The molecule has 1 aliphatic rings. The van der Waals surface area contributed by atoms with Crippen molar-refractivity contribution in [2.24, 2.45) is 5.92 Å². The lowest BCUT2D eigenvalue weighted by Gasteiger charge is -2.30. The van der Waals surface area contributed by atoms with Gasteiger partial charge < -0.3 is 9.47 Å². The summed E-state index contributed by atoms with van der Waals surface area (Å²) in [6, 6.07) is 0. The van der Waals surface area contributed by atoms with Crippen LogP contribution in [0.5, 0.6) is 0 Å². The third-order valence-corrected chi connectivity index (χ3v) is 3.52. The molecule has 1 aromatic heterocycles. The van der Waals surface area contributed by atoms with Crippen LogP contribution < -0.4 is 0 Å². The Labute approximate surface area is 98.5 Å². The predicted octanol–water partition coefficient (Wildman–Crippen LogP) is 2.18. The first-order valence-corrected chi connectivity index (χ1v) is 6.52. The van der Waals surface area contributed by atoms with Crippen LogP contribution in [0.2, 0.25) is 0 Å². The number of piperidine rings is 1. The largest absolute Gasteiger partial charge is 0.334 e. The average molecular weight is 221 g/mol. The average Bonchev–Trinajstić information content (AvgIpc) is 2.74. The fourth-order valence-electron chi connectivity index (χ4n) is 2.60. The first-order valence-electron chi connectivity index (χ1n) is 6.52. The summed E-state index contributed by atoms with van der Waals surface area (Å²) in [4.78, 5) is 6.95. The summed E-state index contributed by atoms with van der Waals surface area (Å²) in [6.07, 6.45) is 7.82. The lowest BCUT2D eigenvalue weighted by Crippen LogP contribution is -2.36. The van der Waals surface area contributed by atoms with Crippen molar-refractivity contribution in [1.29, 1.82) is 0 Å². The zero-order chi connectivity index (χ0) is 11.4. The summed E-state index contributed by atoms with van der Waals surface area (Å²) in [7, 11) is 0. The quantitative estimate of drug-likeness (QED) is 0.777. The van der Waals surface area contributed by atoms with Crippen LogP contribution in [0.3, 0.4) is 0 Å². The third-order valence-electron chi connectivity index (χ3n) is 3.52. The van der Waals surface area contributed by atoms with Crippen LogP contribution in [-0.2, 0) is 13.0 Å². The standard InChI is InChI=1S/C13H23N3/c1-3-13-14-6-8-16(13)10-9-15-7-4-5-12(2)11-15/h6,8,12H,3-5,7,9-11H2,1-2H3. The van der Waals surface area contributed by atoms with E-state index >= 15 is 0 Å². The molecule has 0 saturated carbocycles. The van der Waals surface area contributed by atoms with Crippen molar-refractivity contribution >= 4 is 0 Å². The van der Waals surface area contributed by atoms with Crippen LogP contribution in [-0.4, -0.2) is 34.1 Å². The molecule has 1 aliphatic heterocycles. The normalized spacial score (nSPS) is 22.5. The van der Waals surface area contributed by atoms with Gasteiger partial charge in [0.25, 0.3) is 0 Å². The molecule has 0 radical (unpaired) electrons. The molecule has 3 heteroatoms. The van der Waals surface area contributed by atoms with Gasteiger partial charge >= 0.3 is 0 Å². The van der Waals surface area contributed by atoms with E-state index in [2.05, 4.69) is 34.5 Å². The van der Waals surface area contributed by atoms with E-state index in [1.54, 1.807) is 0 Å². The van der Waals surface area contributed by atoms with Gasteiger partial charge in [0.05, 0.1) is 0 Å². The number of aromatic nitrogens is 2. The maximum Gasteiger partial charge on any atom is 0.108 e. The van der Waals surface area contributed by atoms with Crippen LogP contribution in [0.1, 0.15) is 32.5 Å². The number of imidazole rings is 1. The van der Waals surface area contributed by atoms with E-state index in [4.69, 9.17) is 0 Å². The van der Waals surface area contributed by atoms with Crippen LogP contribution >= 0.6 is 0 Å². The first kappa shape index (κ1) is 11.6. The van der Waals surface area contributed by atoms with Crippen molar-refractivity contribution in [3.63, 3.8) is 0 Å². The van der Waals surface area contributed by atoms with Gasteiger partial charge in [0, 0.05) is 38.4 Å². The van der Waals surface area contributed by atoms with E-state index in [1.807, 2.05) is 6.20 Å². The predicted molar refractivity (Wildman–Crippen MR) is 66.4 cm³/mol. The lowest BCUT2D eigenvalue weighted by atomic mass is 10.0. The zero-order valence-corrected chi connectivity index (χ0v) is 10.5. The molecule has 0 aliphatic carbocycles. The second-order valence-corrected chi connectivity index (χ2v) is 4.94. The number of nitrogens with zero attached hydrogens (tertiary/aromatic N) is 3. The smallest absolute Gasteiger partial charge is 0.108 e. The molecule has 0 amide bonds. The fraction of sp³-hybridized carbons (Fsp3) is 0.769. The van der Waals surface area contributed by atoms with Gasteiger partial charge in [0.15, 0.2) is 0 Å². The molecule has 0 aromatic carbocycles. The Morgan fingerprint density at radius 1 is 1.44 bits per heavy atom. The van der Waals surface area contributed by atoms with Gasteiger partial charge in [-0.05, 0) is 25.3 Å². The molecular formula is C13H23N3. The van der Waals surface area contributed by atoms with Gasteiger partial charge in [-0.15, -0.1) is 0 Å². The fourth-order valence-corrected chi connectivity index (χ4v) is 2.60. The molecule has 3 nitrogen and oxygen atoms in total.